The van der Waals surface area contributed by atoms with Crippen molar-refractivity contribution >= 4 is 28.6 Å². The molecule has 2 aromatic heterocycles. The summed E-state index contributed by atoms with van der Waals surface area (Å²) in [7, 11) is 0. The number of halogens is 1. The highest BCUT2D eigenvalue weighted by molar-refractivity contribution is 6.29. The van der Waals surface area contributed by atoms with E-state index in [1.54, 1.807) is 12.1 Å². The van der Waals surface area contributed by atoms with Crippen molar-refractivity contribution < 1.29 is 0 Å². The predicted octanol–water partition coefficient (Wildman–Crippen LogP) is 2.85. The van der Waals surface area contributed by atoms with Gasteiger partial charge in [-0.1, -0.05) is 41.9 Å². The summed E-state index contributed by atoms with van der Waals surface area (Å²) < 4.78 is 0. The average Bonchev–Trinajstić information content (AvgIpc) is 2.41. The summed E-state index contributed by atoms with van der Waals surface area (Å²) in [5.74, 6) is 0.252. The Bertz CT molecular complexity index is 728. The molecule has 0 radical (unpaired) electrons. The number of nitrogens with two attached hydrogens (primary N) is 1. The van der Waals surface area contributed by atoms with E-state index >= 15 is 0 Å². The van der Waals surface area contributed by atoms with Crippen LogP contribution in [0.5, 0.6) is 0 Å². The van der Waals surface area contributed by atoms with Crippen LogP contribution in [0.3, 0.4) is 0 Å². The second-order valence-corrected chi connectivity index (χ2v) is 4.58. The van der Waals surface area contributed by atoms with Gasteiger partial charge < -0.3 is 5.73 Å². The zero-order chi connectivity index (χ0) is 13.2. The second-order valence-electron chi connectivity index (χ2n) is 4.19. The van der Waals surface area contributed by atoms with E-state index in [2.05, 4.69) is 15.0 Å². The molecule has 4 nitrogen and oxygen atoms in total. The number of nitrogen functional groups attached to an aromatic ring is 1. The van der Waals surface area contributed by atoms with Crippen molar-refractivity contribution in [1.82, 2.24) is 15.0 Å². The predicted molar refractivity (Wildman–Crippen MR) is 76.0 cm³/mol. The standard InChI is InChI=1S/C14H11ClN4/c15-12-7-6-10-13(19-12)11(18-14(16)17-10)8-9-4-2-1-3-5-9/h1-7H,8H2,(H2,16,17,18). The first kappa shape index (κ1) is 11.9. The fourth-order valence-corrected chi connectivity index (χ4v) is 2.13. The van der Waals surface area contributed by atoms with E-state index < -0.39 is 0 Å². The van der Waals surface area contributed by atoms with Gasteiger partial charge in [0, 0.05) is 6.42 Å². The second kappa shape index (κ2) is 4.82. The molecule has 19 heavy (non-hydrogen) atoms. The molecule has 94 valence electrons. The van der Waals surface area contributed by atoms with Crippen LogP contribution in [-0.4, -0.2) is 15.0 Å². The summed E-state index contributed by atoms with van der Waals surface area (Å²) in [5.41, 5.74) is 9.07. The van der Waals surface area contributed by atoms with Crippen molar-refractivity contribution in [3.63, 3.8) is 0 Å². The van der Waals surface area contributed by atoms with Gasteiger partial charge in [-0.05, 0) is 17.7 Å². The maximum absolute atomic E-state index is 5.94. The molecular formula is C14H11ClN4. The van der Waals surface area contributed by atoms with Gasteiger partial charge in [0.05, 0.1) is 11.2 Å². The maximum atomic E-state index is 5.94. The normalized spacial score (nSPS) is 10.8. The first-order chi connectivity index (χ1) is 9.22. The van der Waals surface area contributed by atoms with Crippen molar-refractivity contribution in [2.45, 2.75) is 6.42 Å². The first-order valence-electron chi connectivity index (χ1n) is 5.85. The maximum Gasteiger partial charge on any atom is 0.220 e. The van der Waals surface area contributed by atoms with Crippen molar-refractivity contribution in [1.29, 1.82) is 0 Å². The summed E-state index contributed by atoms with van der Waals surface area (Å²) in [6.45, 7) is 0. The van der Waals surface area contributed by atoms with Gasteiger partial charge in [0.15, 0.2) is 0 Å². The Morgan fingerprint density at radius 2 is 1.74 bits per heavy atom. The van der Waals surface area contributed by atoms with E-state index in [1.807, 2.05) is 30.3 Å². The quantitative estimate of drug-likeness (QED) is 0.727. The topological polar surface area (TPSA) is 64.7 Å². The summed E-state index contributed by atoms with van der Waals surface area (Å²) in [4.78, 5) is 12.7. The number of benzene rings is 1. The lowest BCUT2D eigenvalue weighted by molar-refractivity contribution is 1.06. The van der Waals surface area contributed by atoms with E-state index in [4.69, 9.17) is 17.3 Å². The van der Waals surface area contributed by atoms with E-state index in [-0.39, 0.29) is 5.95 Å². The lowest BCUT2D eigenvalue weighted by Crippen LogP contribution is -2.03. The van der Waals surface area contributed by atoms with Crippen LogP contribution < -0.4 is 5.73 Å². The molecule has 2 heterocycles. The van der Waals surface area contributed by atoms with Crippen LogP contribution in [0, 0.1) is 0 Å². The smallest absolute Gasteiger partial charge is 0.220 e. The number of anilines is 1. The molecule has 0 spiro atoms. The Balaban J connectivity index is 2.14. The first-order valence-corrected chi connectivity index (χ1v) is 6.23. The van der Waals surface area contributed by atoms with E-state index in [0.29, 0.717) is 22.6 Å². The Kier molecular flexibility index (Phi) is 3.01. The largest absolute Gasteiger partial charge is 0.368 e. The van der Waals surface area contributed by atoms with Crippen molar-refractivity contribution in [2.24, 2.45) is 0 Å². The number of nitrogens with zero attached hydrogens (tertiary/aromatic N) is 3. The number of fused-ring (bicyclic) bond motifs is 1. The Morgan fingerprint density at radius 1 is 0.947 bits per heavy atom. The van der Waals surface area contributed by atoms with Crippen molar-refractivity contribution in [3.8, 4) is 0 Å². The third kappa shape index (κ3) is 2.48. The van der Waals surface area contributed by atoms with Crippen LogP contribution in [0.25, 0.3) is 11.0 Å². The van der Waals surface area contributed by atoms with Gasteiger partial charge in [-0.25, -0.2) is 15.0 Å². The van der Waals surface area contributed by atoms with Crippen LogP contribution in [-0.2, 0) is 6.42 Å². The van der Waals surface area contributed by atoms with Gasteiger partial charge in [0.1, 0.15) is 10.7 Å². The van der Waals surface area contributed by atoms with Crippen LogP contribution in [0.2, 0.25) is 5.15 Å². The van der Waals surface area contributed by atoms with Crippen LogP contribution in [0.1, 0.15) is 11.3 Å². The van der Waals surface area contributed by atoms with E-state index in [0.717, 1.165) is 11.3 Å². The number of rotatable bonds is 2. The molecule has 0 bridgehead atoms. The number of hydrogen-bond acceptors (Lipinski definition) is 4. The number of pyridine rings is 1. The highest BCUT2D eigenvalue weighted by Crippen LogP contribution is 2.20. The molecule has 0 unspecified atom stereocenters. The van der Waals surface area contributed by atoms with Crippen molar-refractivity contribution in [3.05, 3.63) is 58.9 Å². The van der Waals surface area contributed by atoms with E-state index in [9.17, 15) is 0 Å². The Hall–Kier alpha value is -2.20. The van der Waals surface area contributed by atoms with Gasteiger partial charge in [0.25, 0.3) is 0 Å². The molecule has 0 aliphatic heterocycles. The average molecular weight is 271 g/mol. The molecule has 0 saturated heterocycles. The molecule has 0 atom stereocenters. The molecule has 3 aromatic rings. The minimum Gasteiger partial charge on any atom is -0.368 e. The molecule has 5 heteroatoms. The summed E-state index contributed by atoms with van der Waals surface area (Å²) in [6.07, 6.45) is 0.650. The monoisotopic (exact) mass is 270 g/mol. The minimum atomic E-state index is 0.252. The Labute approximate surface area is 115 Å². The van der Waals surface area contributed by atoms with Gasteiger partial charge in [0.2, 0.25) is 5.95 Å². The third-order valence-electron chi connectivity index (χ3n) is 2.81. The molecular weight excluding hydrogens is 260 g/mol. The molecule has 2 N–H and O–H groups in total. The number of aromatic nitrogens is 3. The lowest BCUT2D eigenvalue weighted by Gasteiger charge is -2.06. The molecule has 0 aliphatic carbocycles. The van der Waals surface area contributed by atoms with Crippen LogP contribution >= 0.6 is 11.6 Å². The summed E-state index contributed by atoms with van der Waals surface area (Å²) in [5, 5.41) is 0.426. The molecule has 0 fully saturated rings. The molecule has 1 aromatic carbocycles. The van der Waals surface area contributed by atoms with Gasteiger partial charge in [-0.3, -0.25) is 0 Å². The Morgan fingerprint density at radius 3 is 2.53 bits per heavy atom. The highest BCUT2D eigenvalue weighted by atomic mass is 35.5. The SMILES string of the molecule is Nc1nc(Cc2ccccc2)c2nc(Cl)ccc2n1. The third-order valence-corrected chi connectivity index (χ3v) is 3.02. The van der Waals surface area contributed by atoms with E-state index in [1.165, 1.54) is 0 Å². The number of hydrogen-bond donors (Lipinski definition) is 1. The fraction of sp³-hybridized carbons (Fsp3) is 0.0714. The fourth-order valence-electron chi connectivity index (χ4n) is 1.98. The van der Waals surface area contributed by atoms with Gasteiger partial charge in [-0.15, -0.1) is 0 Å². The molecule has 0 saturated carbocycles. The zero-order valence-electron chi connectivity index (χ0n) is 10.0. The molecule has 0 amide bonds. The summed E-state index contributed by atoms with van der Waals surface area (Å²) in [6, 6.07) is 13.5. The van der Waals surface area contributed by atoms with Gasteiger partial charge in [-0.2, -0.15) is 0 Å². The van der Waals surface area contributed by atoms with Gasteiger partial charge >= 0.3 is 0 Å². The zero-order valence-corrected chi connectivity index (χ0v) is 10.8. The molecule has 3 rings (SSSR count). The van der Waals surface area contributed by atoms with Crippen LogP contribution in [0.4, 0.5) is 5.95 Å². The minimum absolute atomic E-state index is 0.252. The highest BCUT2D eigenvalue weighted by Gasteiger charge is 2.09. The lowest BCUT2D eigenvalue weighted by atomic mass is 10.1. The van der Waals surface area contributed by atoms with Crippen LogP contribution in [0.15, 0.2) is 42.5 Å². The van der Waals surface area contributed by atoms with Crippen molar-refractivity contribution in [2.75, 3.05) is 5.73 Å². The molecule has 0 aliphatic rings. The summed E-state index contributed by atoms with van der Waals surface area (Å²) >= 11 is 5.94.